The summed E-state index contributed by atoms with van der Waals surface area (Å²) in [6, 6.07) is 15.9. The third-order valence-corrected chi connectivity index (χ3v) is 4.16. The summed E-state index contributed by atoms with van der Waals surface area (Å²) < 4.78 is 5.99. The summed E-state index contributed by atoms with van der Waals surface area (Å²) in [5.74, 6) is 0.839. The molecule has 0 N–H and O–H groups in total. The van der Waals surface area contributed by atoms with E-state index in [1.165, 1.54) is 5.56 Å². The van der Waals surface area contributed by atoms with E-state index >= 15 is 0 Å². The first-order chi connectivity index (χ1) is 10.7. The molecule has 1 amide bonds. The van der Waals surface area contributed by atoms with Gasteiger partial charge in [-0.3, -0.25) is 4.79 Å². The molecule has 0 fully saturated rings. The minimum absolute atomic E-state index is 0.0516. The standard InChI is InChI=1S/C19H21NO2/c1-3-17(22-18-11-7-4-8-14(18)2)19(21)20-13-12-15-9-5-6-10-16(15)20/h4-11,17H,3,12-13H2,1-2H3/t17-/m0/s1. The van der Waals surface area contributed by atoms with Gasteiger partial charge in [-0.1, -0.05) is 43.3 Å². The highest BCUT2D eigenvalue weighted by molar-refractivity contribution is 5.98. The van der Waals surface area contributed by atoms with E-state index in [1.54, 1.807) is 0 Å². The van der Waals surface area contributed by atoms with Crippen LogP contribution in [-0.2, 0) is 11.2 Å². The van der Waals surface area contributed by atoms with Crippen molar-refractivity contribution in [2.24, 2.45) is 0 Å². The second kappa shape index (κ2) is 6.22. The normalized spacial score (nSPS) is 14.5. The van der Waals surface area contributed by atoms with Crippen LogP contribution in [0.1, 0.15) is 24.5 Å². The highest BCUT2D eigenvalue weighted by atomic mass is 16.5. The van der Waals surface area contributed by atoms with Gasteiger partial charge in [-0.2, -0.15) is 0 Å². The van der Waals surface area contributed by atoms with Gasteiger partial charge in [-0.25, -0.2) is 0 Å². The van der Waals surface area contributed by atoms with Crippen LogP contribution < -0.4 is 9.64 Å². The maximum atomic E-state index is 12.9. The summed E-state index contributed by atoms with van der Waals surface area (Å²) in [4.78, 5) is 14.7. The number of carbonyl (C=O) groups excluding carboxylic acids is 1. The summed E-state index contributed by atoms with van der Waals surface area (Å²) in [6.45, 7) is 4.73. The fraction of sp³-hybridized carbons (Fsp3) is 0.316. The molecule has 1 heterocycles. The summed E-state index contributed by atoms with van der Waals surface area (Å²) in [7, 11) is 0. The van der Waals surface area contributed by atoms with Crippen molar-refractivity contribution in [1.82, 2.24) is 0 Å². The smallest absolute Gasteiger partial charge is 0.268 e. The van der Waals surface area contributed by atoms with Crippen molar-refractivity contribution in [3.8, 4) is 5.75 Å². The lowest BCUT2D eigenvalue weighted by Crippen LogP contribution is -2.41. The van der Waals surface area contributed by atoms with Gasteiger partial charge in [0.15, 0.2) is 6.10 Å². The Kier molecular flexibility index (Phi) is 4.14. The predicted octanol–water partition coefficient (Wildman–Crippen LogP) is 3.74. The molecular weight excluding hydrogens is 274 g/mol. The van der Waals surface area contributed by atoms with E-state index in [0.717, 1.165) is 30.0 Å². The molecular formula is C19H21NO2. The highest BCUT2D eigenvalue weighted by Gasteiger charge is 2.30. The molecule has 1 aliphatic heterocycles. The van der Waals surface area contributed by atoms with Crippen LogP contribution in [-0.4, -0.2) is 18.6 Å². The molecule has 0 bridgehead atoms. The number of benzene rings is 2. The van der Waals surface area contributed by atoms with Crippen LogP contribution in [0.5, 0.6) is 5.75 Å². The summed E-state index contributed by atoms with van der Waals surface area (Å²) in [6.07, 6.45) is 1.14. The van der Waals surface area contributed by atoms with Crippen molar-refractivity contribution in [3.63, 3.8) is 0 Å². The van der Waals surface area contributed by atoms with E-state index in [1.807, 2.05) is 61.2 Å². The van der Waals surface area contributed by atoms with E-state index in [2.05, 4.69) is 6.07 Å². The summed E-state index contributed by atoms with van der Waals surface area (Å²) in [5.41, 5.74) is 3.32. The maximum absolute atomic E-state index is 12.9. The number of para-hydroxylation sites is 2. The lowest BCUT2D eigenvalue weighted by Gasteiger charge is -2.24. The minimum atomic E-state index is -0.438. The number of fused-ring (bicyclic) bond motifs is 1. The SMILES string of the molecule is CC[C@H](Oc1ccccc1C)C(=O)N1CCc2ccccc21. The molecule has 1 atom stereocenters. The summed E-state index contributed by atoms with van der Waals surface area (Å²) >= 11 is 0. The number of amides is 1. The Balaban J connectivity index is 1.80. The van der Waals surface area contributed by atoms with Gasteiger partial charge >= 0.3 is 0 Å². The van der Waals surface area contributed by atoms with E-state index in [9.17, 15) is 4.79 Å². The first-order valence-corrected chi connectivity index (χ1v) is 7.82. The molecule has 0 spiro atoms. The molecule has 0 unspecified atom stereocenters. The van der Waals surface area contributed by atoms with Crippen molar-refractivity contribution < 1.29 is 9.53 Å². The van der Waals surface area contributed by atoms with Gasteiger partial charge in [0.25, 0.3) is 5.91 Å². The monoisotopic (exact) mass is 295 g/mol. The average molecular weight is 295 g/mol. The Morgan fingerprint density at radius 3 is 2.68 bits per heavy atom. The van der Waals surface area contributed by atoms with Crippen molar-refractivity contribution in [2.75, 3.05) is 11.4 Å². The second-order valence-corrected chi connectivity index (χ2v) is 5.65. The van der Waals surface area contributed by atoms with Gasteiger partial charge in [-0.05, 0) is 43.0 Å². The van der Waals surface area contributed by atoms with Crippen molar-refractivity contribution in [1.29, 1.82) is 0 Å². The lowest BCUT2D eigenvalue weighted by atomic mass is 10.1. The Bertz CT molecular complexity index is 681. The van der Waals surface area contributed by atoms with E-state index < -0.39 is 6.10 Å². The molecule has 0 saturated heterocycles. The number of anilines is 1. The van der Waals surface area contributed by atoms with Gasteiger partial charge in [0.05, 0.1) is 0 Å². The Morgan fingerprint density at radius 1 is 1.18 bits per heavy atom. The zero-order valence-corrected chi connectivity index (χ0v) is 13.1. The molecule has 0 saturated carbocycles. The molecule has 3 nitrogen and oxygen atoms in total. The van der Waals surface area contributed by atoms with Crippen LogP contribution in [0.4, 0.5) is 5.69 Å². The topological polar surface area (TPSA) is 29.5 Å². The Morgan fingerprint density at radius 2 is 1.91 bits per heavy atom. The van der Waals surface area contributed by atoms with E-state index in [0.29, 0.717) is 6.42 Å². The van der Waals surface area contributed by atoms with E-state index in [-0.39, 0.29) is 5.91 Å². The predicted molar refractivity (Wildman–Crippen MR) is 88.4 cm³/mol. The average Bonchev–Trinajstić information content (AvgIpc) is 2.97. The number of aryl methyl sites for hydroxylation is 1. The molecule has 22 heavy (non-hydrogen) atoms. The molecule has 3 rings (SSSR count). The lowest BCUT2D eigenvalue weighted by molar-refractivity contribution is -0.125. The molecule has 0 aliphatic carbocycles. The third kappa shape index (κ3) is 2.71. The van der Waals surface area contributed by atoms with Crippen LogP contribution in [0.25, 0.3) is 0 Å². The Labute approximate surface area is 131 Å². The zero-order chi connectivity index (χ0) is 15.5. The van der Waals surface area contributed by atoms with Crippen LogP contribution in [0.15, 0.2) is 48.5 Å². The fourth-order valence-corrected chi connectivity index (χ4v) is 2.89. The van der Waals surface area contributed by atoms with Crippen molar-refractivity contribution in [3.05, 3.63) is 59.7 Å². The minimum Gasteiger partial charge on any atom is -0.480 e. The molecule has 2 aromatic rings. The number of rotatable bonds is 4. The molecule has 0 radical (unpaired) electrons. The zero-order valence-electron chi connectivity index (χ0n) is 13.1. The van der Waals surface area contributed by atoms with Crippen LogP contribution >= 0.6 is 0 Å². The third-order valence-electron chi connectivity index (χ3n) is 4.16. The number of nitrogens with zero attached hydrogens (tertiary/aromatic N) is 1. The van der Waals surface area contributed by atoms with Gasteiger partial charge in [-0.15, -0.1) is 0 Å². The molecule has 3 heteroatoms. The molecule has 1 aliphatic rings. The van der Waals surface area contributed by atoms with E-state index in [4.69, 9.17) is 4.74 Å². The van der Waals surface area contributed by atoms with Gasteiger partial charge in [0, 0.05) is 12.2 Å². The van der Waals surface area contributed by atoms with Gasteiger partial charge < -0.3 is 9.64 Å². The number of hydrogen-bond acceptors (Lipinski definition) is 2. The van der Waals surface area contributed by atoms with Gasteiger partial charge in [0.2, 0.25) is 0 Å². The highest BCUT2D eigenvalue weighted by Crippen LogP contribution is 2.29. The number of hydrogen-bond donors (Lipinski definition) is 0. The largest absolute Gasteiger partial charge is 0.480 e. The van der Waals surface area contributed by atoms with Crippen LogP contribution in [0, 0.1) is 6.92 Å². The van der Waals surface area contributed by atoms with Crippen molar-refractivity contribution >= 4 is 11.6 Å². The van der Waals surface area contributed by atoms with Crippen LogP contribution in [0.2, 0.25) is 0 Å². The summed E-state index contributed by atoms with van der Waals surface area (Å²) in [5, 5.41) is 0. The van der Waals surface area contributed by atoms with Gasteiger partial charge in [0.1, 0.15) is 5.75 Å². The first kappa shape index (κ1) is 14.6. The van der Waals surface area contributed by atoms with Crippen molar-refractivity contribution in [2.45, 2.75) is 32.8 Å². The number of ether oxygens (including phenoxy) is 1. The van der Waals surface area contributed by atoms with Crippen LogP contribution in [0.3, 0.4) is 0 Å². The molecule has 0 aromatic heterocycles. The first-order valence-electron chi connectivity index (χ1n) is 7.82. The number of carbonyl (C=O) groups is 1. The molecule has 2 aromatic carbocycles. The molecule has 114 valence electrons. The second-order valence-electron chi connectivity index (χ2n) is 5.65. The Hall–Kier alpha value is -2.29. The fourth-order valence-electron chi connectivity index (χ4n) is 2.89. The quantitative estimate of drug-likeness (QED) is 0.860. The maximum Gasteiger partial charge on any atom is 0.268 e.